The monoisotopic (exact) mass is 735 g/mol. The van der Waals surface area contributed by atoms with Crippen molar-refractivity contribution in [3.63, 3.8) is 0 Å². The van der Waals surface area contributed by atoms with Gasteiger partial charge in [-0.25, -0.2) is 4.98 Å². The van der Waals surface area contributed by atoms with E-state index in [-0.39, 0.29) is 33.3 Å². The van der Waals surface area contributed by atoms with Crippen LogP contribution in [0.25, 0.3) is 11.2 Å². The molecule has 13 heteroatoms. The van der Waals surface area contributed by atoms with Gasteiger partial charge in [-0.15, -0.1) is 0 Å². The van der Waals surface area contributed by atoms with Crippen LogP contribution in [0.15, 0.2) is 6.33 Å². The molecule has 2 aliphatic rings. The van der Waals surface area contributed by atoms with Crippen LogP contribution < -0.4 is 10.5 Å². The van der Waals surface area contributed by atoms with Crippen molar-refractivity contribution in [3.05, 3.63) is 6.33 Å². The summed E-state index contributed by atoms with van der Waals surface area (Å²) in [6.07, 6.45) is 7.55. The molecule has 4 rings (SSSR count). The maximum atomic E-state index is 7.35. The summed E-state index contributed by atoms with van der Waals surface area (Å²) in [7, 11) is -6.70. The molecule has 2 N–H and O–H groups in total. The molecule has 280 valence electrons. The van der Waals surface area contributed by atoms with Crippen LogP contribution in [0.5, 0.6) is 6.01 Å². The quantitative estimate of drug-likeness (QED) is 0.213. The van der Waals surface area contributed by atoms with E-state index < -0.39 is 37.3 Å². The van der Waals surface area contributed by atoms with E-state index in [0.29, 0.717) is 36.1 Å². The van der Waals surface area contributed by atoms with Crippen LogP contribution in [0.4, 0.5) is 5.82 Å². The highest BCUT2D eigenvalue weighted by Gasteiger charge is 2.55. The number of nitrogen functional groups attached to an aromatic ring is 1. The van der Waals surface area contributed by atoms with Crippen molar-refractivity contribution in [2.45, 2.75) is 180 Å². The Labute approximate surface area is 300 Å². The van der Waals surface area contributed by atoms with E-state index in [2.05, 4.69) is 107 Å². The van der Waals surface area contributed by atoms with Crippen LogP contribution in [0, 0.1) is 5.92 Å². The number of imidazole rings is 1. The maximum absolute atomic E-state index is 7.35. The van der Waals surface area contributed by atoms with E-state index in [1.54, 1.807) is 6.33 Å². The van der Waals surface area contributed by atoms with Crippen molar-refractivity contribution in [1.82, 2.24) is 19.5 Å². The van der Waals surface area contributed by atoms with Gasteiger partial charge in [0.05, 0.1) is 19.5 Å². The molecule has 1 aliphatic carbocycles. The number of rotatable bonds is 12. The van der Waals surface area contributed by atoms with Crippen LogP contribution in [-0.4, -0.2) is 76.0 Å². The van der Waals surface area contributed by atoms with Gasteiger partial charge in [0, 0.05) is 0 Å². The molecule has 0 bridgehead atoms. The summed E-state index contributed by atoms with van der Waals surface area (Å²) < 4.78 is 36.7. The average molecular weight is 736 g/mol. The molecule has 0 radical (unpaired) electrons. The first kappa shape index (κ1) is 40.4. The van der Waals surface area contributed by atoms with E-state index in [0.717, 1.165) is 6.42 Å². The Morgan fingerprint density at radius 3 is 1.90 bits per heavy atom. The second-order valence-electron chi connectivity index (χ2n) is 19.2. The number of nitrogens with two attached hydrogens (primary N) is 1. The summed E-state index contributed by atoms with van der Waals surface area (Å²) in [6.45, 7) is 35.1. The smallest absolute Gasteiger partial charge is 0.320 e. The fraction of sp³-hybridized carbons (Fsp3) is 0.861. The highest BCUT2D eigenvalue weighted by atomic mass is 28.4. The predicted octanol–water partition coefficient (Wildman–Crippen LogP) is 9.46. The summed E-state index contributed by atoms with van der Waals surface area (Å²) in [6, 6.07) is 0.273. The summed E-state index contributed by atoms with van der Waals surface area (Å²) in [5.74, 6) is 0.993. The first-order chi connectivity index (χ1) is 22.3. The molecule has 1 saturated carbocycles. The van der Waals surface area contributed by atoms with Crippen LogP contribution in [0.3, 0.4) is 0 Å². The lowest BCUT2D eigenvalue weighted by atomic mass is 9.87. The first-order valence-corrected chi connectivity index (χ1v) is 27.3. The zero-order valence-electron chi connectivity index (χ0n) is 33.5. The van der Waals surface area contributed by atoms with Crippen molar-refractivity contribution >= 4 is 41.9 Å². The number of fused-ring (bicyclic) bond motifs is 1. The van der Waals surface area contributed by atoms with Crippen LogP contribution in [0.1, 0.15) is 107 Å². The predicted molar refractivity (Wildman–Crippen MR) is 208 cm³/mol. The molecule has 49 heavy (non-hydrogen) atoms. The van der Waals surface area contributed by atoms with Crippen LogP contribution >= 0.6 is 0 Å². The minimum absolute atomic E-state index is 0.00923. The first-order valence-electron chi connectivity index (χ1n) is 18.6. The average Bonchev–Trinajstić information content (AvgIpc) is 3.52. The molecular weight excluding hydrogens is 667 g/mol. The summed E-state index contributed by atoms with van der Waals surface area (Å²) >= 11 is 0. The highest BCUT2D eigenvalue weighted by Crippen LogP contribution is 2.47. The lowest BCUT2D eigenvalue weighted by molar-refractivity contribution is -0.0470. The SMILES string of the molecule is CC(C)(C)[Si](C)(C)OC[C@H]1O[C@@H](n2cnc3c(N)nc(OCCC4CCCCC4)nc32)[C@H](O[Si](C)(C)C(C)(C)C)[C@@H]1O[Si](C)(C)C(C)(C)C. The molecule has 3 heterocycles. The Balaban J connectivity index is 1.76. The number of ether oxygens (including phenoxy) is 2. The van der Waals surface area contributed by atoms with Crippen molar-refractivity contribution in [3.8, 4) is 6.01 Å². The molecule has 2 aromatic heterocycles. The topological polar surface area (TPSA) is 116 Å². The largest absolute Gasteiger partial charge is 0.463 e. The molecule has 1 aliphatic heterocycles. The Morgan fingerprint density at radius 2 is 1.35 bits per heavy atom. The molecule has 0 spiro atoms. The van der Waals surface area contributed by atoms with Gasteiger partial charge >= 0.3 is 6.01 Å². The molecule has 0 unspecified atom stereocenters. The fourth-order valence-corrected chi connectivity index (χ4v) is 9.45. The van der Waals surface area contributed by atoms with E-state index >= 15 is 0 Å². The molecule has 0 aromatic carbocycles. The van der Waals surface area contributed by atoms with Gasteiger partial charge in [0.1, 0.15) is 18.3 Å². The highest BCUT2D eigenvalue weighted by molar-refractivity contribution is 6.75. The fourth-order valence-electron chi connectivity index (χ4n) is 5.84. The number of hydrogen-bond donors (Lipinski definition) is 1. The van der Waals surface area contributed by atoms with Crippen LogP contribution in [-0.2, 0) is 18.0 Å². The van der Waals surface area contributed by atoms with Gasteiger partial charge in [-0.05, 0) is 66.7 Å². The Morgan fingerprint density at radius 1 is 0.796 bits per heavy atom. The molecule has 1 saturated heterocycles. The Bertz CT molecular complexity index is 1410. The molecule has 10 nitrogen and oxygen atoms in total. The van der Waals surface area contributed by atoms with E-state index in [9.17, 15) is 0 Å². The van der Waals surface area contributed by atoms with Gasteiger partial charge < -0.3 is 28.5 Å². The van der Waals surface area contributed by atoms with Crippen molar-refractivity contribution in [2.24, 2.45) is 5.92 Å². The van der Waals surface area contributed by atoms with E-state index in [4.69, 9.17) is 38.5 Å². The summed E-state index contributed by atoms with van der Waals surface area (Å²) in [5, 5.41) is 0.0165. The van der Waals surface area contributed by atoms with Gasteiger partial charge in [0.25, 0.3) is 0 Å². The van der Waals surface area contributed by atoms with Crippen LogP contribution in [0.2, 0.25) is 54.4 Å². The van der Waals surface area contributed by atoms with E-state index in [1.807, 2.05) is 4.57 Å². The minimum atomic E-state index is -2.32. The zero-order valence-corrected chi connectivity index (χ0v) is 36.5. The Kier molecular flexibility index (Phi) is 12.0. The third-order valence-electron chi connectivity index (χ3n) is 12.4. The second kappa shape index (κ2) is 14.6. The standard InChI is InChI=1S/C36H69N5O5Si3/c1-34(2,3)47(10,11)43-23-26-28(45-48(12,13)35(4,5)6)29(46-49(14,15)36(7,8)9)32(44-26)41-24-38-27-30(37)39-33(40-31(27)41)42-22-21-25-19-17-16-18-20-25/h24-26,28-29,32H,16-23H2,1-15H3,(H2,37,39,40)/t26-,28-,29-,32-/m1/s1. The molecular formula is C36H69N5O5Si3. The molecule has 2 fully saturated rings. The van der Waals surface area contributed by atoms with Gasteiger partial charge in [-0.1, -0.05) is 94.4 Å². The number of nitrogens with zero attached hydrogens (tertiary/aromatic N) is 4. The van der Waals surface area contributed by atoms with Crippen molar-refractivity contribution in [2.75, 3.05) is 18.9 Å². The second-order valence-corrected chi connectivity index (χ2v) is 33.5. The summed E-state index contributed by atoms with van der Waals surface area (Å²) in [5.41, 5.74) is 7.59. The lowest BCUT2D eigenvalue weighted by Crippen LogP contribution is -2.54. The summed E-state index contributed by atoms with van der Waals surface area (Å²) in [4.78, 5) is 14.1. The molecule has 4 atom stereocenters. The normalized spacial score (nSPS) is 23.8. The zero-order chi connectivity index (χ0) is 36.8. The minimum Gasteiger partial charge on any atom is -0.463 e. The van der Waals surface area contributed by atoms with Gasteiger partial charge in [-0.2, -0.15) is 9.97 Å². The van der Waals surface area contributed by atoms with Gasteiger partial charge in [0.2, 0.25) is 0 Å². The number of anilines is 1. The van der Waals surface area contributed by atoms with Gasteiger partial charge in [-0.3, -0.25) is 4.57 Å². The number of hydrogen-bond acceptors (Lipinski definition) is 9. The maximum Gasteiger partial charge on any atom is 0.320 e. The van der Waals surface area contributed by atoms with Crippen molar-refractivity contribution < 1.29 is 22.8 Å². The van der Waals surface area contributed by atoms with E-state index in [1.165, 1.54) is 32.1 Å². The molecule has 0 amide bonds. The third kappa shape index (κ3) is 9.18. The molecule has 2 aromatic rings. The Hall–Kier alpha value is -1.36. The van der Waals surface area contributed by atoms with Gasteiger partial charge in [0.15, 0.2) is 48.2 Å². The number of aromatic nitrogens is 4. The van der Waals surface area contributed by atoms with Crippen molar-refractivity contribution in [1.29, 1.82) is 0 Å². The lowest BCUT2D eigenvalue weighted by Gasteiger charge is -2.44. The third-order valence-corrected chi connectivity index (χ3v) is 25.8.